The number of carbonyl (C=O) groups excluding carboxylic acids is 1. The van der Waals surface area contributed by atoms with Gasteiger partial charge in [-0.3, -0.25) is 4.79 Å². The van der Waals surface area contributed by atoms with Gasteiger partial charge in [-0.05, 0) is 49.6 Å². The molecule has 1 atom stereocenters. The summed E-state index contributed by atoms with van der Waals surface area (Å²) in [4.78, 5) is 19.4. The summed E-state index contributed by atoms with van der Waals surface area (Å²) in [6.07, 6.45) is 4.32. The molecular weight excluding hydrogens is 308 g/mol. The van der Waals surface area contributed by atoms with E-state index in [1.54, 1.807) is 0 Å². The average Bonchev–Trinajstić information content (AvgIpc) is 2.91. The minimum atomic E-state index is -0.144. The van der Waals surface area contributed by atoms with E-state index in [0.717, 1.165) is 29.6 Å². The first-order valence-electron chi connectivity index (χ1n) is 8.16. The SMILES string of the molecule is CCOc1ccccc1/C=C1\SC(N2CCC[C@H](C)C2)=NC1=O. The molecule has 5 heteroatoms. The number of thioether (sulfide) groups is 1. The molecule has 1 aromatic carbocycles. The van der Waals surface area contributed by atoms with Crippen molar-refractivity contribution in [1.29, 1.82) is 0 Å². The van der Waals surface area contributed by atoms with Crippen molar-refractivity contribution in [3.8, 4) is 5.75 Å². The first-order valence-corrected chi connectivity index (χ1v) is 8.98. The van der Waals surface area contributed by atoms with E-state index in [1.165, 1.54) is 24.6 Å². The van der Waals surface area contributed by atoms with Crippen LogP contribution in [0.15, 0.2) is 34.2 Å². The first kappa shape index (κ1) is 16.1. The van der Waals surface area contributed by atoms with Crippen molar-refractivity contribution in [3.05, 3.63) is 34.7 Å². The Hall–Kier alpha value is -1.75. The predicted octanol–water partition coefficient (Wildman–Crippen LogP) is 3.79. The van der Waals surface area contributed by atoms with Crippen LogP contribution in [0.5, 0.6) is 5.75 Å². The number of amidine groups is 1. The Morgan fingerprint density at radius 2 is 2.26 bits per heavy atom. The van der Waals surface area contributed by atoms with Crippen LogP contribution in [0, 0.1) is 5.92 Å². The van der Waals surface area contributed by atoms with Gasteiger partial charge in [-0.25, -0.2) is 0 Å². The molecule has 0 saturated carbocycles. The zero-order chi connectivity index (χ0) is 16.2. The second-order valence-electron chi connectivity index (χ2n) is 5.97. The van der Waals surface area contributed by atoms with Gasteiger partial charge in [-0.1, -0.05) is 25.1 Å². The molecule has 0 unspecified atom stereocenters. The number of likely N-dealkylation sites (tertiary alicyclic amines) is 1. The zero-order valence-corrected chi connectivity index (χ0v) is 14.4. The van der Waals surface area contributed by atoms with E-state index in [4.69, 9.17) is 4.74 Å². The van der Waals surface area contributed by atoms with Gasteiger partial charge in [0, 0.05) is 18.7 Å². The van der Waals surface area contributed by atoms with Crippen molar-refractivity contribution in [3.63, 3.8) is 0 Å². The average molecular weight is 330 g/mol. The summed E-state index contributed by atoms with van der Waals surface area (Å²) in [6, 6.07) is 7.78. The summed E-state index contributed by atoms with van der Waals surface area (Å²) >= 11 is 1.48. The van der Waals surface area contributed by atoms with Gasteiger partial charge in [0.1, 0.15) is 5.75 Å². The van der Waals surface area contributed by atoms with E-state index in [-0.39, 0.29) is 5.91 Å². The Labute approximate surface area is 141 Å². The molecule has 23 heavy (non-hydrogen) atoms. The molecule has 0 radical (unpaired) electrons. The van der Waals surface area contributed by atoms with Crippen molar-refractivity contribution in [2.45, 2.75) is 26.7 Å². The minimum Gasteiger partial charge on any atom is -0.493 e. The highest BCUT2D eigenvalue weighted by Gasteiger charge is 2.28. The van der Waals surface area contributed by atoms with E-state index in [1.807, 2.05) is 37.3 Å². The monoisotopic (exact) mass is 330 g/mol. The standard InChI is InChI=1S/C18H22N2O2S/c1-3-22-15-9-5-4-8-14(15)11-16-17(21)19-18(23-16)20-10-6-7-13(2)12-20/h4-5,8-9,11,13H,3,6-7,10,12H2,1-2H3/b16-11-/t13-/m0/s1. The maximum absolute atomic E-state index is 12.2. The van der Waals surface area contributed by atoms with Gasteiger partial charge in [0.25, 0.3) is 5.91 Å². The lowest BCUT2D eigenvalue weighted by atomic mass is 10.0. The molecule has 1 aromatic rings. The van der Waals surface area contributed by atoms with E-state index in [0.29, 0.717) is 17.4 Å². The van der Waals surface area contributed by atoms with Gasteiger partial charge in [-0.15, -0.1) is 0 Å². The molecule has 0 N–H and O–H groups in total. The predicted molar refractivity (Wildman–Crippen MR) is 95.6 cm³/mol. The second kappa shape index (κ2) is 7.21. The van der Waals surface area contributed by atoms with Crippen molar-refractivity contribution in [1.82, 2.24) is 4.90 Å². The summed E-state index contributed by atoms with van der Waals surface area (Å²) in [7, 11) is 0. The molecule has 0 aliphatic carbocycles. The van der Waals surface area contributed by atoms with Gasteiger partial charge in [-0.2, -0.15) is 4.99 Å². The first-order chi connectivity index (χ1) is 11.2. The molecule has 2 aliphatic heterocycles. The summed E-state index contributed by atoms with van der Waals surface area (Å²) in [6.45, 7) is 6.80. The lowest BCUT2D eigenvalue weighted by molar-refractivity contribution is -0.113. The maximum Gasteiger partial charge on any atom is 0.286 e. The fraction of sp³-hybridized carbons (Fsp3) is 0.444. The van der Waals surface area contributed by atoms with E-state index >= 15 is 0 Å². The summed E-state index contributed by atoms with van der Waals surface area (Å²) in [5.41, 5.74) is 0.925. The molecular formula is C18H22N2O2S. The number of hydrogen-bond donors (Lipinski definition) is 0. The Bertz CT molecular complexity index is 654. The molecule has 122 valence electrons. The Balaban J connectivity index is 1.77. The Morgan fingerprint density at radius 1 is 1.43 bits per heavy atom. The quantitative estimate of drug-likeness (QED) is 0.791. The van der Waals surface area contributed by atoms with Crippen LogP contribution < -0.4 is 4.74 Å². The molecule has 0 bridgehead atoms. The van der Waals surface area contributed by atoms with Crippen molar-refractivity contribution in [2.75, 3.05) is 19.7 Å². The number of benzene rings is 1. The molecule has 3 rings (SSSR count). The number of aliphatic imine (C=N–C) groups is 1. The molecule has 0 aromatic heterocycles. The van der Waals surface area contributed by atoms with Gasteiger partial charge in [0.2, 0.25) is 0 Å². The fourth-order valence-corrected chi connectivity index (χ4v) is 3.86. The van der Waals surface area contributed by atoms with E-state index in [2.05, 4.69) is 16.8 Å². The summed E-state index contributed by atoms with van der Waals surface area (Å²) < 4.78 is 5.63. The number of ether oxygens (including phenoxy) is 1. The van der Waals surface area contributed by atoms with Crippen LogP contribution in [-0.2, 0) is 4.79 Å². The van der Waals surface area contributed by atoms with E-state index < -0.39 is 0 Å². The van der Waals surface area contributed by atoms with Crippen molar-refractivity contribution in [2.24, 2.45) is 10.9 Å². The topological polar surface area (TPSA) is 41.9 Å². The normalized spacial score (nSPS) is 23.3. The number of amides is 1. The van der Waals surface area contributed by atoms with E-state index in [9.17, 15) is 4.79 Å². The molecule has 4 nitrogen and oxygen atoms in total. The van der Waals surface area contributed by atoms with Gasteiger partial charge >= 0.3 is 0 Å². The summed E-state index contributed by atoms with van der Waals surface area (Å²) in [5, 5.41) is 0.849. The Kier molecular flexibility index (Phi) is 5.06. The number of para-hydroxylation sites is 1. The molecule has 0 spiro atoms. The third-order valence-corrected chi connectivity index (χ3v) is 5.09. The minimum absolute atomic E-state index is 0.144. The highest BCUT2D eigenvalue weighted by atomic mass is 32.2. The number of carbonyl (C=O) groups is 1. The fourth-order valence-electron chi connectivity index (χ4n) is 2.92. The van der Waals surface area contributed by atoms with Crippen LogP contribution in [0.4, 0.5) is 0 Å². The number of piperidine rings is 1. The maximum atomic E-state index is 12.2. The molecule has 1 saturated heterocycles. The van der Waals surface area contributed by atoms with Crippen LogP contribution in [0.2, 0.25) is 0 Å². The van der Waals surface area contributed by atoms with Crippen LogP contribution >= 0.6 is 11.8 Å². The Morgan fingerprint density at radius 3 is 3.04 bits per heavy atom. The van der Waals surface area contributed by atoms with Gasteiger partial charge < -0.3 is 9.64 Å². The lowest BCUT2D eigenvalue weighted by Gasteiger charge is -2.31. The largest absolute Gasteiger partial charge is 0.493 e. The van der Waals surface area contributed by atoms with Crippen molar-refractivity contribution < 1.29 is 9.53 Å². The highest BCUT2D eigenvalue weighted by molar-refractivity contribution is 8.18. The molecule has 2 heterocycles. The zero-order valence-electron chi connectivity index (χ0n) is 13.6. The second-order valence-corrected chi connectivity index (χ2v) is 6.98. The highest BCUT2D eigenvalue weighted by Crippen LogP contribution is 2.33. The van der Waals surface area contributed by atoms with Crippen LogP contribution in [0.3, 0.4) is 0 Å². The van der Waals surface area contributed by atoms with Gasteiger partial charge in [0.05, 0.1) is 11.5 Å². The number of rotatable bonds is 3. The van der Waals surface area contributed by atoms with Gasteiger partial charge in [0.15, 0.2) is 5.17 Å². The number of hydrogen-bond acceptors (Lipinski definition) is 4. The molecule has 2 aliphatic rings. The van der Waals surface area contributed by atoms with Crippen LogP contribution in [-0.4, -0.2) is 35.7 Å². The van der Waals surface area contributed by atoms with Crippen LogP contribution in [0.1, 0.15) is 32.3 Å². The summed E-state index contributed by atoms with van der Waals surface area (Å²) in [5.74, 6) is 1.32. The van der Waals surface area contributed by atoms with Crippen molar-refractivity contribution >= 4 is 28.9 Å². The van der Waals surface area contributed by atoms with Crippen LogP contribution in [0.25, 0.3) is 6.08 Å². The lowest BCUT2D eigenvalue weighted by Crippen LogP contribution is -2.37. The molecule has 1 amide bonds. The number of nitrogens with zero attached hydrogens (tertiary/aromatic N) is 2. The third kappa shape index (κ3) is 3.78. The molecule has 1 fully saturated rings. The smallest absolute Gasteiger partial charge is 0.286 e. The third-order valence-electron chi connectivity index (χ3n) is 4.04.